The van der Waals surface area contributed by atoms with Crippen molar-refractivity contribution >= 4 is 11.8 Å². The van der Waals surface area contributed by atoms with Crippen LogP contribution in [0.15, 0.2) is 52.3 Å². The van der Waals surface area contributed by atoms with Crippen LogP contribution >= 0.6 is 11.8 Å². The molecule has 0 saturated heterocycles. The zero-order chi connectivity index (χ0) is 14.5. The molecule has 0 aromatic heterocycles. The van der Waals surface area contributed by atoms with Crippen LogP contribution in [0.4, 0.5) is 0 Å². The number of aryl methyl sites for hydroxylation is 2. The standard InChI is InChI=1S/C18H23NS/c1-5-16(19-4)15-8-6-7-9-17(15)20-18-12-13(2)10-11-14(18)3/h6-12,16,19H,5H2,1-4H3. The summed E-state index contributed by atoms with van der Waals surface area (Å²) in [5.41, 5.74) is 4.05. The van der Waals surface area contributed by atoms with Gasteiger partial charge in [-0.05, 0) is 56.1 Å². The summed E-state index contributed by atoms with van der Waals surface area (Å²) in [6.07, 6.45) is 1.10. The lowest BCUT2D eigenvalue weighted by atomic mass is 10.1. The summed E-state index contributed by atoms with van der Waals surface area (Å²) < 4.78 is 0. The molecule has 2 aromatic rings. The van der Waals surface area contributed by atoms with Crippen LogP contribution in [0.1, 0.15) is 36.1 Å². The summed E-state index contributed by atoms with van der Waals surface area (Å²) in [5, 5.41) is 3.41. The maximum absolute atomic E-state index is 3.41. The molecule has 0 aliphatic heterocycles. The molecule has 0 amide bonds. The maximum atomic E-state index is 3.41. The molecule has 0 saturated carbocycles. The molecular formula is C18H23NS. The van der Waals surface area contributed by atoms with Gasteiger partial charge in [0.15, 0.2) is 0 Å². The molecular weight excluding hydrogens is 262 g/mol. The third-order valence-corrected chi connectivity index (χ3v) is 4.87. The summed E-state index contributed by atoms with van der Waals surface area (Å²) in [6, 6.07) is 15.8. The Morgan fingerprint density at radius 1 is 1.05 bits per heavy atom. The fourth-order valence-corrected chi connectivity index (χ4v) is 3.56. The number of hydrogen-bond acceptors (Lipinski definition) is 2. The topological polar surface area (TPSA) is 12.0 Å². The molecule has 2 heteroatoms. The van der Waals surface area contributed by atoms with E-state index in [9.17, 15) is 0 Å². The molecule has 1 N–H and O–H groups in total. The van der Waals surface area contributed by atoms with E-state index in [-0.39, 0.29) is 0 Å². The van der Waals surface area contributed by atoms with Crippen molar-refractivity contribution < 1.29 is 0 Å². The smallest absolute Gasteiger partial charge is 0.0326 e. The van der Waals surface area contributed by atoms with Gasteiger partial charge in [0.1, 0.15) is 0 Å². The van der Waals surface area contributed by atoms with E-state index in [1.54, 1.807) is 0 Å². The van der Waals surface area contributed by atoms with Crippen molar-refractivity contribution in [2.75, 3.05) is 7.05 Å². The Bertz CT molecular complexity index is 573. The van der Waals surface area contributed by atoms with Crippen LogP contribution in [0, 0.1) is 13.8 Å². The molecule has 106 valence electrons. The third-order valence-electron chi connectivity index (χ3n) is 3.61. The Kier molecular flexibility index (Phi) is 5.27. The fraction of sp³-hybridized carbons (Fsp3) is 0.333. The molecule has 0 spiro atoms. The van der Waals surface area contributed by atoms with Crippen LogP contribution in [0.3, 0.4) is 0 Å². The molecule has 2 aromatic carbocycles. The van der Waals surface area contributed by atoms with Crippen molar-refractivity contribution in [3.8, 4) is 0 Å². The van der Waals surface area contributed by atoms with Gasteiger partial charge in [-0.2, -0.15) is 0 Å². The first-order chi connectivity index (χ1) is 9.65. The van der Waals surface area contributed by atoms with Crippen molar-refractivity contribution in [3.05, 3.63) is 59.2 Å². The highest BCUT2D eigenvalue weighted by Gasteiger charge is 2.12. The maximum Gasteiger partial charge on any atom is 0.0326 e. The van der Waals surface area contributed by atoms with Crippen LogP contribution in [-0.2, 0) is 0 Å². The Morgan fingerprint density at radius 3 is 2.50 bits per heavy atom. The van der Waals surface area contributed by atoms with E-state index in [1.165, 1.54) is 26.5 Å². The van der Waals surface area contributed by atoms with E-state index in [2.05, 4.69) is 68.6 Å². The predicted molar refractivity (Wildman–Crippen MR) is 88.6 cm³/mol. The third kappa shape index (κ3) is 3.44. The van der Waals surface area contributed by atoms with Gasteiger partial charge in [-0.15, -0.1) is 0 Å². The molecule has 20 heavy (non-hydrogen) atoms. The van der Waals surface area contributed by atoms with Crippen molar-refractivity contribution in [3.63, 3.8) is 0 Å². The molecule has 0 aliphatic carbocycles. The molecule has 0 fully saturated rings. The van der Waals surface area contributed by atoms with Gasteiger partial charge in [0.25, 0.3) is 0 Å². The molecule has 0 bridgehead atoms. The minimum atomic E-state index is 0.420. The van der Waals surface area contributed by atoms with Crippen LogP contribution in [0.5, 0.6) is 0 Å². The molecule has 2 rings (SSSR count). The first kappa shape index (κ1) is 15.1. The van der Waals surface area contributed by atoms with Crippen molar-refractivity contribution in [2.24, 2.45) is 0 Å². The highest BCUT2D eigenvalue weighted by atomic mass is 32.2. The molecule has 0 aliphatic rings. The minimum Gasteiger partial charge on any atom is -0.313 e. The minimum absolute atomic E-state index is 0.420. The average Bonchev–Trinajstić information content (AvgIpc) is 2.46. The van der Waals surface area contributed by atoms with E-state index in [0.29, 0.717) is 6.04 Å². The van der Waals surface area contributed by atoms with Gasteiger partial charge in [-0.3, -0.25) is 0 Å². The quantitative estimate of drug-likeness (QED) is 0.817. The average molecular weight is 285 g/mol. The van der Waals surface area contributed by atoms with Crippen molar-refractivity contribution in [2.45, 2.75) is 43.0 Å². The first-order valence-electron chi connectivity index (χ1n) is 7.17. The van der Waals surface area contributed by atoms with E-state index in [0.717, 1.165) is 6.42 Å². The lowest BCUT2D eigenvalue weighted by Gasteiger charge is -2.18. The molecule has 1 nitrogen and oxygen atoms in total. The van der Waals surface area contributed by atoms with E-state index in [1.807, 2.05) is 18.8 Å². The van der Waals surface area contributed by atoms with Crippen LogP contribution in [0.25, 0.3) is 0 Å². The van der Waals surface area contributed by atoms with Gasteiger partial charge in [-0.25, -0.2) is 0 Å². The van der Waals surface area contributed by atoms with Crippen LogP contribution < -0.4 is 5.32 Å². The van der Waals surface area contributed by atoms with Gasteiger partial charge in [0.2, 0.25) is 0 Å². The Hall–Kier alpha value is -1.25. The molecule has 0 radical (unpaired) electrons. The second-order valence-electron chi connectivity index (χ2n) is 5.16. The summed E-state index contributed by atoms with van der Waals surface area (Å²) in [7, 11) is 2.04. The zero-order valence-corrected chi connectivity index (χ0v) is 13.6. The van der Waals surface area contributed by atoms with Crippen LogP contribution in [0.2, 0.25) is 0 Å². The Morgan fingerprint density at radius 2 is 1.80 bits per heavy atom. The van der Waals surface area contributed by atoms with E-state index < -0.39 is 0 Å². The number of nitrogens with one attached hydrogen (secondary N) is 1. The zero-order valence-electron chi connectivity index (χ0n) is 12.7. The van der Waals surface area contributed by atoms with Crippen LogP contribution in [-0.4, -0.2) is 7.05 Å². The van der Waals surface area contributed by atoms with E-state index >= 15 is 0 Å². The lowest BCUT2D eigenvalue weighted by Crippen LogP contribution is -2.15. The second kappa shape index (κ2) is 6.96. The predicted octanol–water partition coefficient (Wildman–Crippen LogP) is 5.13. The number of rotatable bonds is 5. The van der Waals surface area contributed by atoms with Gasteiger partial charge < -0.3 is 5.32 Å². The lowest BCUT2D eigenvalue weighted by molar-refractivity contribution is 0.568. The van der Waals surface area contributed by atoms with Crippen molar-refractivity contribution in [1.29, 1.82) is 0 Å². The summed E-state index contributed by atoms with van der Waals surface area (Å²) >= 11 is 1.87. The van der Waals surface area contributed by atoms with E-state index in [4.69, 9.17) is 0 Å². The second-order valence-corrected chi connectivity index (χ2v) is 6.24. The van der Waals surface area contributed by atoms with Gasteiger partial charge in [-0.1, -0.05) is 49.0 Å². The summed E-state index contributed by atoms with van der Waals surface area (Å²) in [6.45, 7) is 6.55. The fourth-order valence-electron chi connectivity index (χ4n) is 2.38. The monoisotopic (exact) mass is 285 g/mol. The summed E-state index contributed by atoms with van der Waals surface area (Å²) in [4.78, 5) is 2.70. The first-order valence-corrected chi connectivity index (χ1v) is 7.98. The number of benzene rings is 2. The highest BCUT2D eigenvalue weighted by Crippen LogP contribution is 2.36. The number of hydrogen-bond donors (Lipinski definition) is 1. The summed E-state index contributed by atoms with van der Waals surface area (Å²) in [5.74, 6) is 0. The molecule has 1 unspecified atom stereocenters. The van der Waals surface area contributed by atoms with Gasteiger partial charge >= 0.3 is 0 Å². The van der Waals surface area contributed by atoms with Gasteiger partial charge in [0, 0.05) is 15.8 Å². The Labute approximate surface area is 126 Å². The highest BCUT2D eigenvalue weighted by molar-refractivity contribution is 7.99. The normalized spacial score (nSPS) is 12.4. The SMILES string of the molecule is CCC(NC)c1ccccc1Sc1cc(C)ccc1C. The molecule has 0 heterocycles. The van der Waals surface area contributed by atoms with Crippen molar-refractivity contribution in [1.82, 2.24) is 5.32 Å². The Balaban J connectivity index is 2.36. The molecule has 1 atom stereocenters. The largest absolute Gasteiger partial charge is 0.313 e. The van der Waals surface area contributed by atoms with Gasteiger partial charge in [0.05, 0.1) is 0 Å².